The molecule has 5 rings (SSSR count). The van der Waals surface area contributed by atoms with Crippen molar-refractivity contribution in [2.24, 2.45) is 51.8 Å². The van der Waals surface area contributed by atoms with Crippen molar-refractivity contribution in [2.75, 3.05) is 0 Å². The fraction of sp³-hybridized carbons (Fsp3) is 1.00. The Kier molecular flexibility index (Phi) is 5.44. The van der Waals surface area contributed by atoms with Gasteiger partial charge in [-0.25, -0.2) is 0 Å². The molecule has 0 spiro atoms. The number of rotatable bonds is 2. The van der Waals surface area contributed by atoms with Gasteiger partial charge >= 0.3 is 0 Å². The van der Waals surface area contributed by atoms with Crippen molar-refractivity contribution in [2.45, 2.75) is 131 Å². The maximum Gasteiger partial charge on any atom is 0.0137 e. The second-order valence-electron chi connectivity index (χ2n) is 14.6. The number of fused-ring (bicyclic) bond motifs is 3. The van der Waals surface area contributed by atoms with Gasteiger partial charge in [0.15, 0.2) is 0 Å². The van der Waals surface area contributed by atoms with Crippen molar-refractivity contribution < 1.29 is 0 Å². The molecule has 0 aromatic rings. The Labute approximate surface area is 187 Å². The van der Waals surface area contributed by atoms with Crippen LogP contribution in [0.15, 0.2) is 0 Å². The Bertz CT molecular complexity index is 573. The van der Waals surface area contributed by atoms with Crippen LogP contribution in [0.5, 0.6) is 0 Å². The molecule has 7 atom stereocenters. The minimum absolute atomic E-state index is 0.400. The van der Waals surface area contributed by atoms with Crippen molar-refractivity contribution in [3.05, 3.63) is 0 Å². The summed E-state index contributed by atoms with van der Waals surface area (Å²) < 4.78 is 0. The Morgan fingerprint density at radius 2 is 1.33 bits per heavy atom. The van der Waals surface area contributed by atoms with Crippen LogP contribution < -0.4 is 5.32 Å². The van der Waals surface area contributed by atoms with Gasteiger partial charge in [0.1, 0.15) is 0 Å². The van der Waals surface area contributed by atoms with E-state index >= 15 is 0 Å². The van der Waals surface area contributed by atoms with Gasteiger partial charge in [-0.1, -0.05) is 60.8 Å². The zero-order valence-electron chi connectivity index (χ0n) is 21.1. The predicted octanol–water partition coefficient (Wildman–Crippen LogP) is 7.84. The quantitative estimate of drug-likeness (QED) is 0.486. The third kappa shape index (κ3) is 3.43. The van der Waals surface area contributed by atoms with Crippen LogP contribution >= 0.6 is 0 Å². The highest BCUT2D eigenvalue weighted by atomic mass is 15.0. The van der Waals surface area contributed by atoms with Crippen LogP contribution in [0.25, 0.3) is 0 Å². The Hall–Kier alpha value is -0.0400. The molecule has 1 aliphatic heterocycles. The van der Waals surface area contributed by atoms with Crippen LogP contribution in [-0.4, -0.2) is 12.1 Å². The summed E-state index contributed by atoms with van der Waals surface area (Å²) in [7, 11) is 0. The average Bonchev–Trinajstić information content (AvgIpc) is 3.26. The Morgan fingerprint density at radius 3 is 1.90 bits per heavy atom. The summed E-state index contributed by atoms with van der Waals surface area (Å²) in [6, 6.07) is 1.55. The van der Waals surface area contributed by atoms with E-state index in [2.05, 4.69) is 46.9 Å². The normalized spacial score (nSPS) is 44.4. The lowest BCUT2D eigenvalue weighted by atomic mass is 9.49. The maximum atomic E-state index is 4.41. The Morgan fingerprint density at radius 1 is 0.667 bits per heavy atom. The maximum absolute atomic E-state index is 4.41. The predicted molar refractivity (Wildman–Crippen MR) is 128 cm³/mol. The molecule has 5 aliphatic rings. The molecular weight excluding hydrogens is 362 g/mol. The Balaban J connectivity index is 1.50. The van der Waals surface area contributed by atoms with Crippen molar-refractivity contribution >= 4 is 0 Å². The minimum atomic E-state index is 0.400. The second kappa shape index (κ2) is 7.50. The molecule has 0 aromatic heterocycles. The average molecular weight is 414 g/mol. The van der Waals surface area contributed by atoms with E-state index < -0.39 is 0 Å². The van der Waals surface area contributed by atoms with E-state index in [0.717, 1.165) is 47.6 Å². The monoisotopic (exact) mass is 413 g/mol. The molecule has 0 radical (unpaired) electrons. The summed E-state index contributed by atoms with van der Waals surface area (Å²) in [6.07, 6.45) is 18.3. The number of piperidine rings is 1. The van der Waals surface area contributed by atoms with Crippen molar-refractivity contribution in [3.63, 3.8) is 0 Å². The highest BCUT2D eigenvalue weighted by Gasteiger charge is 2.63. The highest BCUT2D eigenvalue weighted by molar-refractivity contribution is 5.15. The largest absolute Gasteiger partial charge is 0.310 e. The van der Waals surface area contributed by atoms with Gasteiger partial charge in [0, 0.05) is 12.1 Å². The summed E-state index contributed by atoms with van der Waals surface area (Å²) in [5.41, 5.74) is 1.60. The smallest absolute Gasteiger partial charge is 0.0137 e. The standard InChI is InChI=1S/C29H51N/c1-27(2,3)20-12-13-21-22-14-15-24(28(4,5)6)30-26(22)25(23(21)18-20)29(16-9-17-29)19-10-7-8-11-19/h19-26,30H,7-18H2,1-6H3. The van der Waals surface area contributed by atoms with Gasteiger partial charge in [0.05, 0.1) is 0 Å². The number of nitrogens with one attached hydrogen (secondary N) is 1. The molecule has 4 saturated carbocycles. The lowest BCUT2D eigenvalue weighted by molar-refractivity contribution is -0.0662. The van der Waals surface area contributed by atoms with Gasteiger partial charge in [-0.15, -0.1) is 0 Å². The summed E-state index contributed by atoms with van der Waals surface area (Å²) in [5, 5.41) is 4.41. The van der Waals surface area contributed by atoms with E-state index in [-0.39, 0.29) is 0 Å². The van der Waals surface area contributed by atoms with E-state index in [1.165, 1.54) is 44.9 Å². The van der Waals surface area contributed by atoms with Crippen LogP contribution in [0.1, 0.15) is 119 Å². The molecule has 7 unspecified atom stereocenters. The fourth-order valence-corrected chi connectivity index (χ4v) is 9.62. The van der Waals surface area contributed by atoms with Crippen molar-refractivity contribution in [1.29, 1.82) is 0 Å². The lowest BCUT2D eigenvalue weighted by Crippen LogP contribution is -2.58. The van der Waals surface area contributed by atoms with Gasteiger partial charge in [0.2, 0.25) is 0 Å². The SMILES string of the molecule is CC(C)(C)C1CCC2C3CCC(C(C)(C)C)NC3C(C3(C4CCCC4)CCC3)C2C1. The topological polar surface area (TPSA) is 12.0 Å². The number of hydrogen-bond donors (Lipinski definition) is 1. The zero-order chi connectivity index (χ0) is 21.3. The van der Waals surface area contributed by atoms with Gasteiger partial charge in [-0.05, 0) is 110 Å². The first-order chi connectivity index (χ1) is 14.1. The second-order valence-corrected chi connectivity index (χ2v) is 14.6. The zero-order valence-corrected chi connectivity index (χ0v) is 21.1. The molecule has 5 fully saturated rings. The summed E-state index contributed by atoms with van der Waals surface area (Å²) in [5.74, 6) is 6.03. The molecule has 30 heavy (non-hydrogen) atoms. The first-order valence-corrected chi connectivity index (χ1v) is 13.9. The minimum Gasteiger partial charge on any atom is -0.310 e. The molecule has 0 bridgehead atoms. The molecule has 1 nitrogen and oxygen atoms in total. The van der Waals surface area contributed by atoms with Crippen LogP contribution in [0.2, 0.25) is 0 Å². The molecule has 0 amide bonds. The van der Waals surface area contributed by atoms with Gasteiger partial charge < -0.3 is 5.32 Å². The summed E-state index contributed by atoms with van der Waals surface area (Å²) in [4.78, 5) is 0. The number of hydrogen-bond acceptors (Lipinski definition) is 1. The third-order valence-corrected chi connectivity index (χ3v) is 11.4. The van der Waals surface area contributed by atoms with Crippen molar-refractivity contribution in [3.8, 4) is 0 Å². The molecule has 172 valence electrons. The highest BCUT2D eigenvalue weighted by Crippen LogP contribution is 2.68. The first kappa shape index (κ1) is 21.8. The summed E-state index contributed by atoms with van der Waals surface area (Å²) in [6.45, 7) is 15.0. The molecule has 1 heteroatoms. The molecule has 1 saturated heterocycles. The van der Waals surface area contributed by atoms with Gasteiger partial charge in [-0.2, -0.15) is 0 Å². The molecule has 1 N–H and O–H groups in total. The van der Waals surface area contributed by atoms with E-state index in [4.69, 9.17) is 0 Å². The molecule has 4 aliphatic carbocycles. The van der Waals surface area contributed by atoms with E-state index in [1.54, 1.807) is 32.1 Å². The fourth-order valence-electron chi connectivity index (χ4n) is 9.62. The first-order valence-electron chi connectivity index (χ1n) is 13.9. The van der Waals surface area contributed by atoms with Gasteiger partial charge in [0.25, 0.3) is 0 Å². The molecule has 1 heterocycles. The van der Waals surface area contributed by atoms with E-state index in [1.807, 2.05) is 0 Å². The van der Waals surface area contributed by atoms with E-state index in [0.29, 0.717) is 16.2 Å². The lowest BCUT2D eigenvalue weighted by Gasteiger charge is -2.57. The summed E-state index contributed by atoms with van der Waals surface area (Å²) >= 11 is 0. The molecule has 0 aromatic carbocycles. The van der Waals surface area contributed by atoms with Crippen LogP contribution in [0.3, 0.4) is 0 Å². The van der Waals surface area contributed by atoms with Crippen LogP contribution in [0.4, 0.5) is 0 Å². The third-order valence-electron chi connectivity index (χ3n) is 11.4. The van der Waals surface area contributed by atoms with Crippen molar-refractivity contribution in [1.82, 2.24) is 5.32 Å². The van der Waals surface area contributed by atoms with E-state index in [9.17, 15) is 0 Å². The van der Waals surface area contributed by atoms with Gasteiger partial charge in [-0.3, -0.25) is 0 Å². The van der Waals surface area contributed by atoms with Crippen LogP contribution in [0, 0.1) is 51.8 Å². The van der Waals surface area contributed by atoms with Crippen LogP contribution in [-0.2, 0) is 0 Å². The molecular formula is C29H51N.